The monoisotopic (exact) mass is 157 g/mol. The summed E-state index contributed by atoms with van der Waals surface area (Å²) < 4.78 is 0. The Hall–Kier alpha value is 0.0200. The van der Waals surface area contributed by atoms with Gasteiger partial charge in [-0.05, 0) is 18.3 Å². The van der Waals surface area contributed by atoms with Crippen LogP contribution in [0.15, 0.2) is 0 Å². The summed E-state index contributed by atoms with van der Waals surface area (Å²) in [5.41, 5.74) is 0.382. The predicted molar refractivity (Wildman–Crippen MR) is 47.8 cm³/mol. The minimum absolute atomic E-state index is 0.382. The first kappa shape index (κ1) is 8.12. The van der Waals surface area contributed by atoms with Crippen molar-refractivity contribution in [1.29, 1.82) is 5.41 Å². The zero-order valence-corrected chi connectivity index (χ0v) is 7.72. The highest BCUT2D eigenvalue weighted by molar-refractivity contribution is 8.14. The van der Waals surface area contributed by atoms with Gasteiger partial charge in [0.15, 0.2) is 0 Å². The summed E-state index contributed by atoms with van der Waals surface area (Å²) in [6.07, 6.45) is 2.21. The van der Waals surface area contributed by atoms with Gasteiger partial charge in [-0.25, -0.2) is 0 Å². The number of thioether (sulfide) groups is 1. The van der Waals surface area contributed by atoms with Crippen molar-refractivity contribution < 1.29 is 0 Å². The fraction of sp³-hybridized carbons (Fsp3) is 0.875. The first-order chi connectivity index (χ1) is 4.50. The average Bonchev–Trinajstić information content (AvgIpc) is 2.11. The lowest BCUT2D eigenvalue weighted by Crippen LogP contribution is -2.19. The molecule has 0 radical (unpaired) electrons. The molecular formula is C8H15NS. The minimum atomic E-state index is 0.382. The molecule has 1 N–H and O–H groups in total. The standard InChI is InChI=1S/C8H15NS/c1-8(2,3)6-4-5-7(9)10-6/h6,9H,4-5H2,1-3H3. The molecule has 1 aliphatic heterocycles. The van der Waals surface area contributed by atoms with Crippen LogP contribution in [-0.2, 0) is 0 Å². The molecule has 0 aromatic heterocycles. The molecule has 10 heavy (non-hydrogen) atoms. The molecule has 1 aliphatic rings. The smallest absolute Gasteiger partial charge is 0.0644 e. The van der Waals surface area contributed by atoms with Crippen LogP contribution >= 0.6 is 11.8 Å². The Morgan fingerprint density at radius 3 is 2.30 bits per heavy atom. The van der Waals surface area contributed by atoms with E-state index in [1.165, 1.54) is 6.42 Å². The molecule has 0 aliphatic carbocycles. The number of hydrogen-bond donors (Lipinski definition) is 1. The summed E-state index contributed by atoms with van der Waals surface area (Å²) in [7, 11) is 0. The second kappa shape index (κ2) is 2.57. The molecule has 1 saturated heterocycles. The van der Waals surface area contributed by atoms with Crippen LogP contribution in [-0.4, -0.2) is 10.3 Å². The Kier molecular flexibility index (Phi) is 2.09. The van der Waals surface area contributed by atoms with Crippen LogP contribution in [0.3, 0.4) is 0 Å². The molecule has 0 spiro atoms. The van der Waals surface area contributed by atoms with E-state index in [2.05, 4.69) is 20.8 Å². The molecule has 58 valence electrons. The van der Waals surface area contributed by atoms with Gasteiger partial charge in [0.25, 0.3) is 0 Å². The van der Waals surface area contributed by atoms with Crippen molar-refractivity contribution in [3.63, 3.8) is 0 Å². The lowest BCUT2D eigenvalue weighted by molar-refractivity contribution is 0.388. The van der Waals surface area contributed by atoms with Gasteiger partial charge in [0.05, 0.1) is 5.04 Å². The molecule has 0 aromatic rings. The van der Waals surface area contributed by atoms with E-state index in [0.29, 0.717) is 10.7 Å². The second-order valence-electron chi connectivity index (χ2n) is 3.93. The summed E-state index contributed by atoms with van der Waals surface area (Å²) in [5.74, 6) is 0. The lowest BCUT2D eigenvalue weighted by Gasteiger charge is -2.24. The normalized spacial score (nSPS) is 27.5. The van der Waals surface area contributed by atoms with Gasteiger partial charge >= 0.3 is 0 Å². The van der Waals surface area contributed by atoms with Crippen molar-refractivity contribution in [2.45, 2.75) is 38.9 Å². The van der Waals surface area contributed by atoms with Crippen LogP contribution in [0.5, 0.6) is 0 Å². The third-order valence-corrected chi connectivity index (χ3v) is 3.60. The van der Waals surface area contributed by atoms with E-state index in [4.69, 9.17) is 5.41 Å². The molecule has 1 unspecified atom stereocenters. The molecule has 0 saturated carbocycles. The van der Waals surface area contributed by atoms with E-state index in [1.807, 2.05) is 0 Å². The highest BCUT2D eigenvalue weighted by Gasteiger charge is 2.30. The van der Waals surface area contributed by atoms with Crippen molar-refractivity contribution in [3.8, 4) is 0 Å². The van der Waals surface area contributed by atoms with Crippen molar-refractivity contribution in [1.82, 2.24) is 0 Å². The number of nitrogens with one attached hydrogen (secondary N) is 1. The molecule has 1 nitrogen and oxygen atoms in total. The van der Waals surface area contributed by atoms with Crippen LogP contribution in [0, 0.1) is 10.8 Å². The first-order valence-corrected chi connectivity index (χ1v) is 4.62. The lowest BCUT2D eigenvalue weighted by atomic mass is 9.89. The fourth-order valence-corrected chi connectivity index (χ4v) is 2.33. The zero-order chi connectivity index (χ0) is 7.78. The van der Waals surface area contributed by atoms with Gasteiger partial charge in [0.1, 0.15) is 0 Å². The van der Waals surface area contributed by atoms with Crippen molar-refractivity contribution in [2.24, 2.45) is 5.41 Å². The summed E-state index contributed by atoms with van der Waals surface area (Å²) in [4.78, 5) is 0. The molecule has 1 fully saturated rings. The Labute approximate surface area is 67.1 Å². The highest BCUT2D eigenvalue weighted by atomic mass is 32.2. The van der Waals surface area contributed by atoms with E-state index in [0.717, 1.165) is 11.5 Å². The minimum Gasteiger partial charge on any atom is -0.298 e. The number of hydrogen-bond acceptors (Lipinski definition) is 2. The maximum absolute atomic E-state index is 7.42. The highest BCUT2D eigenvalue weighted by Crippen LogP contribution is 2.39. The molecule has 2 heteroatoms. The van der Waals surface area contributed by atoms with Crippen LogP contribution in [0.25, 0.3) is 0 Å². The maximum atomic E-state index is 7.42. The van der Waals surface area contributed by atoms with Gasteiger partial charge in [-0.1, -0.05) is 20.8 Å². The summed E-state index contributed by atoms with van der Waals surface area (Å²) in [5, 5.41) is 8.98. The van der Waals surface area contributed by atoms with Crippen LogP contribution in [0.2, 0.25) is 0 Å². The molecule has 1 atom stereocenters. The van der Waals surface area contributed by atoms with Crippen molar-refractivity contribution >= 4 is 16.8 Å². The van der Waals surface area contributed by atoms with Gasteiger partial charge in [-0.15, -0.1) is 11.8 Å². The van der Waals surface area contributed by atoms with Gasteiger partial charge < -0.3 is 0 Å². The molecule has 0 amide bonds. The number of rotatable bonds is 0. The van der Waals surface area contributed by atoms with E-state index in [1.54, 1.807) is 11.8 Å². The average molecular weight is 157 g/mol. The topological polar surface area (TPSA) is 23.9 Å². The molecule has 1 heterocycles. The largest absolute Gasteiger partial charge is 0.298 e. The van der Waals surface area contributed by atoms with Gasteiger partial charge in [0, 0.05) is 5.25 Å². The van der Waals surface area contributed by atoms with Crippen LogP contribution in [0.4, 0.5) is 0 Å². The Balaban J connectivity index is 2.53. The summed E-state index contributed by atoms with van der Waals surface area (Å²) >= 11 is 1.76. The van der Waals surface area contributed by atoms with Crippen LogP contribution in [0.1, 0.15) is 33.6 Å². The summed E-state index contributed by atoms with van der Waals surface area (Å²) in [6, 6.07) is 0. The van der Waals surface area contributed by atoms with Crippen molar-refractivity contribution in [2.75, 3.05) is 0 Å². The Morgan fingerprint density at radius 1 is 1.50 bits per heavy atom. The third kappa shape index (κ3) is 1.75. The molecule has 1 rings (SSSR count). The fourth-order valence-electron chi connectivity index (χ4n) is 1.16. The third-order valence-electron chi connectivity index (χ3n) is 1.88. The molecule has 0 bridgehead atoms. The molecule has 0 aromatic carbocycles. The van der Waals surface area contributed by atoms with Crippen molar-refractivity contribution in [3.05, 3.63) is 0 Å². The first-order valence-electron chi connectivity index (χ1n) is 3.74. The van der Waals surface area contributed by atoms with E-state index < -0.39 is 0 Å². The maximum Gasteiger partial charge on any atom is 0.0644 e. The zero-order valence-electron chi connectivity index (χ0n) is 6.90. The second-order valence-corrected chi connectivity index (χ2v) is 5.23. The molecular weight excluding hydrogens is 142 g/mol. The van der Waals surface area contributed by atoms with E-state index in [-0.39, 0.29) is 0 Å². The quantitative estimate of drug-likeness (QED) is 0.574. The summed E-state index contributed by atoms with van der Waals surface area (Å²) in [6.45, 7) is 6.76. The van der Waals surface area contributed by atoms with Crippen LogP contribution < -0.4 is 0 Å². The Bertz CT molecular complexity index is 146. The van der Waals surface area contributed by atoms with Gasteiger partial charge in [-0.2, -0.15) is 0 Å². The predicted octanol–water partition coefficient (Wildman–Crippen LogP) is 2.91. The SMILES string of the molecule is CC(C)(C)C1CCC(=N)S1. The van der Waals surface area contributed by atoms with E-state index >= 15 is 0 Å². The van der Waals surface area contributed by atoms with Gasteiger partial charge in [0.2, 0.25) is 0 Å². The van der Waals surface area contributed by atoms with E-state index in [9.17, 15) is 0 Å². The Morgan fingerprint density at radius 2 is 2.10 bits per heavy atom. The van der Waals surface area contributed by atoms with Gasteiger partial charge in [-0.3, -0.25) is 5.41 Å².